The van der Waals surface area contributed by atoms with Crippen molar-refractivity contribution in [3.8, 4) is 11.3 Å². The van der Waals surface area contributed by atoms with Gasteiger partial charge in [-0.3, -0.25) is 14.5 Å². The van der Waals surface area contributed by atoms with Crippen LogP contribution in [0.2, 0.25) is 0 Å². The van der Waals surface area contributed by atoms with Gasteiger partial charge in [0.25, 0.3) is 0 Å². The number of aliphatic carboxylic acids is 1. The number of hydrogen-bond acceptors (Lipinski definition) is 5. The van der Waals surface area contributed by atoms with Gasteiger partial charge in [0.05, 0.1) is 18.8 Å². The first-order valence-electron chi connectivity index (χ1n) is 7.50. The molecule has 1 aromatic carbocycles. The second-order valence-electron chi connectivity index (χ2n) is 5.90. The number of aryl methyl sites for hydroxylation is 3. The van der Waals surface area contributed by atoms with Crippen LogP contribution in [0.1, 0.15) is 16.7 Å². The Morgan fingerprint density at radius 2 is 1.83 bits per heavy atom. The monoisotopic (exact) mass is 347 g/mol. The van der Waals surface area contributed by atoms with E-state index in [-0.39, 0.29) is 19.0 Å². The molecule has 0 spiro atoms. The first-order valence-corrected chi connectivity index (χ1v) is 8.38. The third-order valence-corrected chi connectivity index (χ3v) is 4.44. The Morgan fingerprint density at radius 1 is 1.17 bits per heavy atom. The van der Waals surface area contributed by atoms with E-state index in [1.54, 1.807) is 7.05 Å². The van der Waals surface area contributed by atoms with Crippen LogP contribution in [0, 0.1) is 20.8 Å². The Kier molecular flexibility index (Phi) is 5.69. The smallest absolute Gasteiger partial charge is 0.317 e. The van der Waals surface area contributed by atoms with Crippen molar-refractivity contribution < 1.29 is 14.7 Å². The maximum absolute atomic E-state index is 11.9. The third kappa shape index (κ3) is 4.62. The van der Waals surface area contributed by atoms with Crippen LogP contribution in [0.15, 0.2) is 17.5 Å². The van der Waals surface area contributed by atoms with Gasteiger partial charge in [0, 0.05) is 10.9 Å². The maximum atomic E-state index is 11.9. The summed E-state index contributed by atoms with van der Waals surface area (Å²) in [5.74, 6) is -1.25. The molecule has 0 bridgehead atoms. The number of benzene rings is 1. The molecule has 128 valence electrons. The summed E-state index contributed by atoms with van der Waals surface area (Å²) in [5.41, 5.74) is 5.46. The Balaban J connectivity index is 2.07. The molecule has 7 heteroatoms. The number of carbonyl (C=O) groups is 2. The van der Waals surface area contributed by atoms with Crippen molar-refractivity contribution >= 4 is 28.3 Å². The lowest BCUT2D eigenvalue weighted by atomic mass is 9.99. The number of likely N-dealkylation sites (N-methyl/N-ethyl adjacent to an activating group) is 1. The SMILES string of the molecule is Cc1cc(C)c(-c2csc(NC(=O)CN(C)CC(=O)O)n2)cc1C. The number of nitrogens with zero attached hydrogens (tertiary/aromatic N) is 2. The number of carbonyl (C=O) groups excluding carboxylic acids is 1. The van der Waals surface area contributed by atoms with Crippen molar-refractivity contribution in [2.45, 2.75) is 20.8 Å². The molecule has 0 aliphatic carbocycles. The number of anilines is 1. The third-order valence-electron chi connectivity index (χ3n) is 3.69. The zero-order chi connectivity index (χ0) is 17.9. The summed E-state index contributed by atoms with van der Waals surface area (Å²) in [7, 11) is 1.58. The Hall–Kier alpha value is -2.25. The number of aromatic nitrogens is 1. The van der Waals surface area contributed by atoms with Crippen molar-refractivity contribution in [3.05, 3.63) is 34.2 Å². The molecule has 0 fully saturated rings. The van der Waals surface area contributed by atoms with Crippen LogP contribution in [0.4, 0.5) is 5.13 Å². The molecule has 0 unspecified atom stereocenters. The van der Waals surface area contributed by atoms with Crippen molar-refractivity contribution in [2.75, 3.05) is 25.5 Å². The second-order valence-corrected chi connectivity index (χ2v) is 6.76. The summed E-state index contributed by atoms with van der Waals surface area (Å²) in [6.07, 6.45) is 0. The molecule has 2 aromatic rings. The maximum Gasteiger partial charge on any atom is 0.317 e. The molecule has 24 heavy (non-hydrogen) atoms. The van der Waals surface area contributed by atoms with Gasteiger partial charge in [0.2, 0.25) is 5.91 Å². The Bertz CT molecular complexity index is 770. The average Bonchev–Trinajstić information content (AvgIpc) is 2.89. The van der Waals surface area contributed by atoms with Crippen molar-refractivity contribution in [1.29, 1.82) is 0 Å². The van der Waals surface area contributed by atoms with Gasteiger partial charge < -0.3 is 10.4 Å². The van der Waals surface area contributed by atoms with Gasteiger partial charge in [0.15, 0.2) is 5.13 Å². The second kappa shape index (κ2) is 7.55. The molecule has 0 aliphatic rings. The largest absolute Gasteiger partial charge is 0.480 e. The van der Waals surface area contributed by atoms with Crippen molar-refractivity contribution in [1.82, 2.24) is 9.88 Å². The standard InChI is InChI=1S/C17H21N3O3S/c1-10-5-12(3)13(6-11(10)2)14-9-24-17(18-14)19-15(21)7-20(4)8-16(22)23/h5-6,9H,7-8H2,1-4H3,(H,22,23)(H,18,19,21). The topological polar surface area (TPSA) is 82.5 Å². The normalized spacial score (nSPS) is 10.9. The van der Waals surface area contributed by atoms with Crippen LogP contribution < -0.4 is 5.32 Å². The fraction of sp³-hybridized carbons (Fsp3) is 0.353. The molecule has 2 N–H and O–H groups in total. The summed E-state index contributed by atoms with van der Waals surface area (Å²) >= 11 is 1.35. The molecule has 0 aliphatic heterocycles. The lowest BCUT2D eigenvalue weighted by Crippen LogP contribution is -2.33. The minimum atomic E-state index is -0.966. The van der Waals surface area contributed by atoms with Crippen molar-refractivity contribution in [2.24, 2.45) is 0 Å². The van der Waals surface area contributed by atoms with Crippen LogP contribution in [0.5, 0.6) is 0 Å². The van der Waals surface area contributed by atoms with E-state index in [0.29, 0.717) is 5.13 Å². The highest BCUT2D eigenvalue weighted by Gasteiger charge is 2.13. The van der Waals surface area contributed by atoms with Gasteiger partial charge in [-0.15, -0.1) is 11.3 Å². The summed E-state index contributed by atoms with van der Waals surface area (Å²) in [5, 5.41) is 13.8. The first kappa shape index (κ1) is 18.1. The van der Waals surface area contributed by atoms with Gasteiger partial charge in [-0.2, -0.15) is 0 Å². The van der Waals surface area contributed by atoms with Crippen LogP contribution in [0.3, 0.4) is 0 Å². The number of amides is 1. The molecule has 1 amide bonds. The molecule has 0 radical (unpaired) electrons. The highest BCUT2D eigenvalue weighted by atomic mass is 32.1. The zero-order valence-electron chi connectivity index (χ0n) is 14.2. The molecule has 0 saturated heterocycles. The van der Waals surface area contributed by atoms with E-state index in [9.17, 15) is 9.59 Å². The lowest BCUT2D eigenvalue weighted by Gasteiger charge is -2.12. The number of nitrogens with one attached hydrogen (secondary N) is 1. The Labute approximate surface area is 145 Å². The van der Waals surface area contributed by atoms with E-state index in [1.165, 1.54) is 27.4 Å². The lowest BCUT2D eigenvalue weighted by molar-refractivity contribution is -0.138. The van der Waals surface area contributed by atoms with Crippen LogP contribution >= 0.6 is 11.3 Å². The summed E-state index contributed by atoms with van der Waals surface area (Å²) in [4.78, 5) is 28.4. The first-order chi connectivity index (χ1) is 11.3. The van der Waals surface area contributed by atoms with E-state index in [2.05, 4.69) is 36.3 Å². The number of thiazole rings is 1. The number of carboxylic acid groups (broad SMARTS) is 1. The van der Waals surface area contributed by atoms with Crippen molar-refractivity contribution in [3.63, 3.8) is 0 Å². The Morgan fingerprint density at radius 3 is 2.50 bits per heavy atom. The number of rotatable bonds is 6. The number of hydrogen-bond donors (Lipinski definition) is 2. The summed E-state index contributed by atoms with van der Waals surface area (Å²) < 4.78 is 0. The highest BCUT2D eigenvalue weighted by molar-refractivity contribution is 7.14. The molecular weight excluding hydrogens is 326 g/mol. The zero-order valence-corrected chi connectivity index (χ0v) is 15.0. The minimum Gasteiger partial charge on any atom is -0.480 e. The van der Waals surface area contributed by atoms with E-state index in [1.807, 2.05) is 12.3 Å². The van der Waals surface area contributed by atoms with Gasteiger partial charge in [0.1, 0.15) is 0 Å². The van der Waals surface area contributed by atoms with Crippen LogP contribution in [-0.4, -0.2) is 47.0 Å². The summed E-state index contributed by atoms with van der Waals surface area (Å²) in [6, 6.07) is 4.23. The predicted molar refractivity (Wildman–Crippen MR) is 95.5 cm³/mol. The van der Waals surface area contributed by atoms with Gasteiger partial charge in [-0.05, 0) is 50.6 Å². The fourth-order valence-corrected chi connectivity index (χ4v) is 3.11. The molecule has 1 aromatic heterocycles. The fourth-order valence-electron chi connectivity index (χ4n) is 2.38. The quantitative estimate of drug-likeness (QED) is 0.839. The number of carboxylic acids is 1. The molecule has 0 saturated carbocycles. The van der Waals surface area contributed by atoms with E-state index in [4.69, 9.17) is 5.11 Å². The van der Waals surface area contributed by atoms with Crippen LogP contribution in [-0.2, 0) is 9.59 Å². The van der Waals surface area contributed by atoms with Gasteiger partial charge in [-0.1, -0.05) is 6.07 Å². The van der Waals surface area contributed by atoms with Crippen LogP contribution in [0.25, 0.3) is 11.3 Å². The average molecular weight is 347 g/mol. The van der Waals surface area contributed by atoms with Gasteiger partial charge in [-0.25, -0.2) is 4.98 Å². The molecule has 6 nitrogen and oxygen atoms in total. The van der Waals surface area contributed by atoms with Gasteiger partial charge >= 0.3 is 5.97 Å². The minimum absolute atomic E-state index is 0.00385. The highest BCUT2D eigenvalue weighted by Crippen LogP contribution is 2.29. The molecule has 1 heterocycles. The predicted octanol–water partition coefficient (Wildman–Crippen LogP) is 2.69. The molecule has 0 atom stereocenters. The summed E-state index contributed by atoms with van der Waals surface area (Å²) in [6.45, 7) is 6.00. The van der Waals surface area contributed by atoms with E-state index < -0.39 is 5.97 Å². The van der Waals surface area contributed by atoms with E-state index >= 15 is 0 Å². The van der Waals surface area contributed by atoms with E-state index in [0.717, 1.165) is 16.8 Å². The molecular formula is C17H21N3O3S. The molecule has 2 rings (SSSR count).